The average Bonchev–Trinajstić information content (AvgIpc) is 3.12. The lowest BCUT2D eigenvalue weighted by Crippen LogP contribution is -2.33. The highest BCUT2D eigenvalue weighted by atomic mass is 15.2. The van der Waals surface area contributed by atoms with E-state index in [-0.39, 0.29) is 0 Å². The van der Waals surface area contributed by atoms with Crippen molar-refractivity contribution in [3.63, 3.8) is 0 Å². The molecule has 8 nitrogen and oxygen atoms in total. The maximum absolute atomic E-state index is 4.55. The highest BCUT2D eigenvalue weighted by molar-refractivity contribution is 5.08. The van der Waals surface area contributed by atoms with E-state index in [0.29, 0.717) is 0 Å². The number of hydrogen-bond acceptors (Lipinski definition) is 7. The van der Waals surface area contributed by atoms with Crippen LogP contribution in [0.3, 0.4) is 0 Å². The predicted octanol–water partition coefficient (Wildman–Crippen LogP) is -1.60. The fraction of sp³-hybridized carbons (Fsp3) is 0.824. The lowest BCUT2D eigenvalue weighted by molar-refractivity contribution is 0.268. The Bertz CT molecular complexity index is 416. The number of rotatable bonds is 4. The molecule has 0 amide bonds. The van der Waals surface area contributed by atoms with E-state index in [1.165, 1.54) is 5.69 Å². The van der Waals surface area contributed by atoms with Gasteiger partial charge in [-0.15, -0.1) is 0 Å². The molecule has 3 rings (SSSR count). The van der Waals surface area contributed by atoms with Crippen LogP contribution in [-0.4, -0.2) is 98.5 Å². The molecule has 0 spiro atoms. The molecule has 2 fully saturated rings. The molecule has 0 bridgehead atoms. The maximum Gasteiger partial charge on any atom is 0.0765 e. The molecule has 2 aliphatic heterocycles. The summed E-state index contributed by atoms with van der Waals surface area (Å²) in [5, 5.41) is 21.7. The van der Waals surface area contributed by atoms with Gasteiger partial charge in [0.1, 0.15) is 0 Å². The van der Waals surface area contributed by atoms with Crippen LogP contribution in [0, 0.1) is 0 Å². The van der Waals surface area contributed by atoms with Crippen molar-refractivity contribution in [2.45, 2.75) is 13.1 Å². The van der Waals surface area contributed by atoms with Crippen LogP contribution in [-0.2, 0) is 13.1 Å². The number of H-pyrrole nitrogens is 1. The zero-order chi connectivity index (χ0) is 17.2. The summed E-state index contributed by atoms with van der Waals surface area (Å²) in [5.74, 6) is 0. The van der Waals surface area contributed by atoms with Gasteiger partial charge in [0.15, 0.2) is 0 Å². The van der Waals surface area contributed by atoms with Gasteiger partial charge < -0.3 is 21.3 Å². The largest absolute Gasteiger partial charge is 0.314 e. The van der Waals surface area contributed by atoms with Gasteiger partial charge in [0.05, 0.1) is 5.69 Å². The molecule has 3 heterocycles. The van der Waals surface area contributed by atoms with E-state index in [1.807, 2.05) is 0 Å². The normalized spacial score (nSPS) is 23.0. The first-order valence-corrected chi connectivity index (χ1v) is 9.71. The van der Waals surface area contributed by atoms with Crippen LogP contribution in [0.5, 0.6) is 0 Å². The third kappa shape index (κ3) is 7.01. The molecule has 25 heavy (non-hydrogen) atoms. The molecule has 1 aromatic heterocycles. The van der Waals surface area contributed by atoms with E-state index >= 15 is 0 Å². The van der Waals surface area contributed by atoms with Gasteiger partial charge in [0.2, 0.25) is 0 Å². The van der Waals surface area contributed by atoms with Crippen LogP contribution in [0.15, 0.2) is 6.07 Å². The van der Waals surface area contributed by atoms with Crippen LogP contribution < -0.4 is 21.3 Å². The monoisotopic (exact) mass is 350 g/mol. The van der Waals surface area contributed by atoms with Crippen LogP contribution in [0.25, 0.3) is 0 Å². The molecule has 1 aromatic rings. The third-order valence-electron chi connectivity index (χ3n) is 4.84. The lowest BCUT2D eigenvalue weighted by Gasteiger charge is -2.20. The van der Waals surface area contributed by atoms with E-state index in [1.54, 1.807) is 0 Å². The summed E-state index contributed by atoms with van der Waals surface area (Å²) in [6.45, 7) is 14.6. The maximum atomic E-state index is 4.55. The zero-order valence-electron chi connectivity index (χ0n) is 15.3. The minimum absolute atomic E-state index is 0.920. The second-order valence-corrected chi connectivity index (χ2v) is 6.94. The van der Waals surface area contributed by atoms with Gasteiger partial charge in [0.25, 0.3) is 0 Å². The quantitative estimate of drug-likeness (QED) is 0.447. The smallest absolute Gasteiger partial charge is 0.0765 e. The molecule has 5 N–H and O–H groups in total. The van der Waals surface area contributed by atoms with Crippen molar-refractivity contribution in [1.82, 2.24) is 41.3 Å². The summed E-state index contributed by atoms with van der Waals surface area (Å²) in [6.07, 6.45) is 0. The summed E-state index contributed by atoms with van der Waals surface area (Å²) in [4.78, 5) is 4.95. The molecule has 0 unspecified atom stereocenters. The number of aromatic amines is 1. The fourth-order valence-corrected chi connectivity index (χ4v) is 3.38. The summed E-state index contributed by atoms with van der Waals surface area (Å²) in [7, 11) is 0. The molecule has 0 atom stereocenters. The molecular weight excluding hydrogens is 316 g/mol. The predicted molar refractivity (Wildman–Crippen MR) is 101 cm³/mol. The van der Waals surface area contributed by atoms with Crippen molar-refractivity contribution in [1.29, 1.82) is 0 Å². The summed E-state index contributed by atoms with van der Waals surface area (Å²) in [5.41, 5.74) is 2.37. The van der Waals surface area contributed by atoms with Gasteiger partial charge in [-0.2, -0.15) is 5.10 Å². The molecular formula is C17H34N8. The van der Waals surface area contributed by atoms with E-state index in [4.69, 9.17) is 0 Å². The van der Waals surface area contributed by atoms with Crippen LogP contribution in [0.1, 0.15) is 11.4 Å². The zero-order valence-corrected chi connectivity index (χ0v) is 15.3. The molecule has 2 saturated heterocycles. The number of nitrogens with one attached hydrogen (secondary N) is 5. The van der Waals surface area contributed by atoms with Crippen LogP contribution in [0.2, 0.25) is 0 Å². The highest BCUT2D eigenvalue weighted by Crippen LogP contribution is 2.07. The minimum Gasteiger partial charge on any atom is -0.314 e. The molecule has 2 aliphatic rings. The Morgan fingerprint density at radius 1 is 0.680 bits per heavy atom. The first-order valence-electron chi connectivity index (χ1n) is 9.71. The van der Waals surface area contributed by atoms with Gasteiger partial charge in [-0.3, -0.25) is 14.9 Å². The van der Waals surface area contributed by atoms with Crippen molar-refractivity contribution in [3.8, 4) is 0 Å². The van der Waals surface area contributed by atoms with Crippen molar-refractivity contribution in [2.75, 3.05) is 78.5 Å². The molecule has 0 aromatic carbocycles. The molecule has 0 aliphatic carbocycles. The van der Waals surface area contributed by atoms with E-state index in [9.17, 15) is 0 Å². The van der Waals surface area contributed by atoms with Crippen molar-refractivity contribution < 1.29 is 0 Å². The average molecular weight is 351 g/mol. The molecule has 142 valence electrons. The fourth-order valence-electron chi connectivity index (χ4n) is 3.38. The first kappa shape index (κ1) is 18.8. The number of hydrogen-bond donors (Lipinski definition) is 5. The third-order valence-corrected chi connectivity index (χ3v) is 4.84. The van der Waals surface area contributed by atoms with Crippen molar-refractivity contribution in [3.05, 3.63) is 17.5 Å². The van der Waals surface area contributed by atoms with Crippen molar-refractivity contribution >= 4 is 0 Å². The Labute approximate surface area is 151 Å². The second kappa shape index (κ2) is 10.8. The van der Waals surface area contributed by atoms with Gasteiger partial charge in [-0.05, 0) is 6.07 Å². The molecule has 8 heteroatoms. The Balaban J connectivity index is 1.48. The standard InChI is InChI=1S/C17H34N8/c1-2-19-6-10-24(9-5-18-1)14-16-13-17(23-22-16)15-25-11-7-20-3-4-21-8-12-25/h13,18-21H,1-12,14-15H2,(H,22,23). The van der Waals surface area contributed by atoms with Gasteiger partial charge >= 0.3 is 0 Å². The Hall–Kier alpha value is -1.03. The van der Waals surface area contributed by atoms with E-state index in [2.05, 4.69) is 47.3 Å². The van der Waals surface area contributed by atoms with Crippen LogP contribution >= 0.6 is 0 Å². The van der Waals surface area contributed by atoms with Gasteiger partial charge in [-0.1, -0.05) is 0 Å². The summed E-state index contributed by atoms with van der Waals surface area (Å²) in [6, 6.07) is 2.24. The van der Waals surface area contributed by atoms with E-state index < -0.39 is 0 Å². The molecule has 0 radical (unpaired) electrons. The van der Waals surface area contributed by atoms with E-state index in [0.717, 1.165) is 97.3 Å². The molecule has 0 saturated carbocycles. The van der Waals surface area contributed by atoms with Gasteiger partial charge in [0, 0.05) is 97.3 Å². The minimum atomic E-state index is 0.920. The Kier molecular flexibility index (Phi) is 8.14. The summed E-state index contributed by atoms with van der Waals surface area (Å²) >= 11 is 0. The van der Waals surface area contributed by atoms with Crippen LogP contribution in [0.4, 0.5) is 0 Å². The number of nitrogens with zero attached hydrogens (tertiary/aromatic N) is 3. The highest BCUT2D eigenvalue weighted by Gasteiger charge is 2.12. The van der Waals surface area contributed by atoms with Gasteiger partial charge in [-0.25, -0.2) is 0 Å². The number of aromatic nitrogens is 2. The summed E-state index contributed by atoms with van der Waals surface area (Å²) < 4.78 is 0. The first-order chi connectivity index (χ1) is 12.4. The lowest BCUT2D eigenvalue weighted by atomic mass is 10.3. The topological polar surface area (TPSA) is 83.3 Å². The second-order valence-electron chi connectivity index (χ2n) is 6.94. The van der Waals surface area contributed by atoms with Crippen molar-refractivity contribution in [2.24, 2.45) is 0 Å². The Morgan fingerprint density at radius 3 is 1.68 bits per heavy atom. The Morgan fingerprint density at radius 2 is 1.16 bits per heavy atom. The SMILES string of the molecule is c1c(CN2CCNCCNCC2)n[nH]c1CN1CCNCCNCC1.